The molecule has 0 bridgehead atoms. The zero-order valence-electron chi connectivity index (χ0n) is 14.6. The third-order valence-electron chi connectivity index (χ3n) is 4.69. The smallest absolute Gasteiger partial charge is 0.265 e. The normalized spacial score (nSPS) is 18.2. The SMILES string of the molecule is O=C(N[C@@H]1CCS(=O)(=O)C1)c1ccc2c(=O)n(-c3ccc(F)cc3)cnc2c1. The van der Waals surface area contributed by atoms with Gasteiger partial charge in [-0.05, 0) is 48.9 Å². The van der Waals surface area contributed by atoms with Gasteiger partial charge in [-0.2, -0.15) is 0 Å². The molecule has 9 heteroatoms. The Labute approximate surface area is 159 Å². The van der Waals surface area contributed by atoms with Crippen LogP contribution in [-0.2, 0) is 9.84 Å². The Morgan fingerprint density at radius 3 is 2.61 bits per heavy atom. The zero-order valence-corrected chi connectivity index (χ0v) is 15.4. The monoisotopic (exact) mass is 401 g/mol. The lowest BCUT2D eigenvalue weighted by molar-refractivity contribution is 0.0941. The van der Waals surface area contributed by atoms with Gasteiger partial charge in [-0.15, -0.1) is 0 Å². The largest absolute Gasteiger partial charge is 0.348 e. The van der Waals surface area contributed by atoms with Gasteiger partial charge in [0.1, 0.15) is 12.1 Å². The molecule has 1 atom stereocenters. The summed E-state index contributed by atoms with van der Waals surface area (Å²) >= 11 is 0. The molecule has 2 aromatic carbocycles. The van der Waals surface area contributed by atoms with Crippen molar-refractivity contribution in [2.45, 2.75) is 12.5 Å². The molecular formula is C19H16FN3O4S. The molecule has 7 nitrogen and oxygen atoms in total. The maximum atomic E-state index is 13.1. The molecule has 1 aromatic heterocycles. The topological polar surface area (TPSA) is 98.1 Å². The third kappa shape index (κ3) is 3.53. The minimum atomic E-state index is -3.09. The number of sulfone groups is 1. The van der Waals surface area contributed by atoms with E-state index < -0.39 is 27.6 Å². The Morgan fingerprint density at radius 1 is 1.18 bits per heavy atom. The van der Waals surface area contributed by atoms with Crippen LogP contribution in [0.3, 0.4) is 0 Å². The van der Waals surface area contributed by atoms with Crippen LogP contribution in [0.1, 0.15) is 16.8 Å². The fourth-order valence-electron chi connectivity index (χ4n) is 3.23. The van der Waals surface area contributed by atoms with E-state index in [1.54, 1.807) is 0 Å². The molecule has 1 amide bonds. The maximum Gasteiger partial charge on any atom is 0.265 e. The Bertz CT molecular complexity index is 1240. The average molecular weight is 401 g/mol. The van der Waals surface area contributed by atoms with Gasteiger partial charge in [0.2, 0.25) is 0 Å². The van der Waals surface area contributed by atoms with E-state index in [9.17, 15) is 22.4 Å². The van der Waals surface area contributed by atoms with Crippen LogP contribution in [0.4, 0.5) is 4.39 Å². The molecule has 0 radical (unpaired) electrons. The van der Waals surface area contributed by atoms with Crippen molar-refractivity contribution in [3.05, 3.63) is 70.5 Å². The van der Waals surface area contributed by atoms with Crippen LogP contribution in [0.5, 0.6) is 0 Å². The van der Waals surface area contributed by atoms with E-state index in [1.165, 1.54) is 53.4 Å². The number of benzene rings is 2. The second kappa shape index (κ2) is 6.83. The van der Waals surface area contributed by atoms with Crippen molar-refractivity contribution in [1.82, 2.24) is 14.9 Å². The molecule has 28 heavy (non-hydrogen) atoms. The minimum absolute atomic E-state index is 0.0626. The van der Waals surface area contributed by atoms with Gasteiger partial charge < -0.3 is 5.32 Å². The van der Waals surface area contributed by atoms with Gasteiger partial charge in [0.05, 0.1) is 28.1 Å². The first-order valence-electron chi connectivity index (χ1n) is 8.61. The number of halogens is 1. The van der Waals surface area contributed by atoms with Gasteiger partial charge >= 0.3 is 0 Å². The Hall–Kier alpha value is -3.07. The summed E-state index contributed by atoms with van der Waals surface area (Å²) in [5.41, 5.74) is 0.772. The molecule has 144 valence electrons. The lowest BCUT2D eigenvalue weighted by Crippen LogP contribution is -2.35. The first-order valence-corrected chi connectivity index (χ1v) is 10.4. The summed E-state index contributed by atoms with van der Waals surface area (Å²) in [6.07, 6.45) is 1.71. The van der Waals surface area contributed by atoms with Gasteiger partial charge in [0.25, 0.3) is 11.5 Å². The highest BCUT2D eigenvalue weighted by molar-refractivity contribution is 7.91. The predicted molar refractivity (Wildman–Crippen MR) is 102 cm³/mol. The zero-order chi connectivity index (χ0) is 19.9. The fourth-order valence-corrected chi connectivity index (χ4v) is 4.90. The predicted octanol–water partition coefficient (Wildman–Crippen LogP) is 1.44. The second-order valence-corrected chi connectivity index (χ2v) is 8.93. The van der Waals surface area contributed by atoms with Crippen LogP contribution in [0.15, 0.2) is 53.6 Å². The highest BCUT2D eigenvalue weighted by atomic mass is 32.2. The molecular weight excluding hydrogens is 385 g/mol. The number of carbonyl (C=O) groups excluding carboxylic acids is 1. The quantitative estimate of drug-likeness (QED) is 0.716. The number of nitrogens with zero attached hydrogens (tertiary/aromatic N) is 2. The van der Waals surface area contributed by atoms with Gasteiger partial charge in [0.15, 0.2) is 9.84 Å². The molecule has 0 saturated carbocycles. The molecule has 1 fully saturated rings. The molecule has 4 rings (SSSR count). The Kier molecular flexibility index (Phi) is 4.46. The highest BCUT2D eigenvalue weighted by Gasteiger charge is 2.29. The lowest BCUT2D eigenvalue weighted by Gasteiger charge is -2.11. The number of rotatable bonds is 3. The van der Waals surface area contributed by atoms with E-state index in [4.69, 9.17) is 0 Å². The fraction of sp³-hybridized carbons (Fsp3) is 0.211. The molecule has 1 saturated heterocycles. The van der Waals surface area contributed by atoms with E-state index in [0.29, 0.717) is 28.6 Å². The van der Waals surface area contributed by atoms with Crippen molar-refractivity contribution < 1.29 is 17.6 Å². The molecule has 0 aliphatic carbocycles. The summed E-state index contributed by atoms with van der Waals surface area (Å²) in [6.45, 7) is 0. The first kappa shape index (κ1) is 18.3. The summed E-state index contributed by atoms with van der Waals surface area (Å²) in [7, 11) is -3.09. The standard InChI is InChI=1S/C19H16FN3O4S/c20-13-2-4-15(5-3-13)23-11-21-17-9-12(1-6-16(17)19(23)25)18(24)22-14-7-8-28(26,27)10-14/h1-6,9,11,14H,7-8,10H2,(H,22,24)/t14-/m1/s1. The summed E-state index contributed by atoms with van der Waals surface area (Å²) < 4.78 is 37.4. The summed E-state index contributed by atoms with van der Waals surface area (Å²) in [6, 6.07) is 9.54. The number of hydrogen-bond acceptors (Lipinski definition) is 5. The molecule has 0 unspecified atom stereocenters. The summed E-state index contributed by atoms with van der Waals surface area (Å²) in [5.74, 6) is -0.808. The van der Waals surface area contributed by atoms with Gasteiger partial charge in [-0.3, -0.25) is 14.2 Å². The minimum Gasteiger partial charge on any atom is -0.348 e. The number of nitrogens with one attached hydrogen (secondary N) is 1. The van der Waals surface area contributed by atoms with Gasteiger partial charge in [-0.1, -0.05) is 0 Å². The Morgan fingerprint density at radius 2 is 1.93 bits per heavy atom. The van der Waals surface area contributed by atoms with Crippen molar-refractivity contribution in [3.8, 4) is 5.69 Å². The van der Waals surface area contributed by atoms with Gasteiger partial charge in [0, 0.05) is 11.6 Å². The Balaban J connectivity index is 1.63. The van der Waals surface area contributed by atoms with Crippen molar-refractivity contribution in [2.75, 3.05) is 11.5 Å². The number of fused-ring (bicyclic) bond motifs is 1. The van der Waals surface area contributed by atoms with Crippen molar-refractivity contribution in [2.24, 2.45) is 0 Å². The third-order valence-corrected chi connectivity index (χ3v) is 6.46. The average Bonchev–Trinajstić information content (AvgIpc) is 3.01. The molecule has 1 aliphatic heterocycles. The summed E-state index contributed by atoms with van der Waals surface area (Å²) in [5, 5.41) is 3.02. The van der Waals surface area contributed by atoms with Crippen LogP contribution in [0, 0.1) is 5.82 Å². The van der Waals surface area contributed by atoms with Crippen LogP contribution < -0.4 is 10.9 Å². The van der Waals surface area contributed by atoms with Crippen molar-refractivity contribution >= 4 is 26.6 Å². The van der Waals surface area contributed by atoms with Gasteiger partial charge in [-0.25, -0.2) is 17.8 Å². The number of carbonyl (C=O) groups is 1. The van der Waals surface area contributed by atoms with E-state index in [2.05, 4.69) is 10.3 Å². The summed E-state index contributed by atoms with van der Waals surface area (Å²) in [4.78, 5) is 29.3. The van der Waals surface area contributed by atoms with Crippen LogP contribution in [0.2, 0.25) is 0 Å². The number of aromatic nitrogens is 2. The maximum absolute atomic E-state index is 13.1. The molecule has 1 N–H and O–H groups in total. The second-order valence-electron chi connectivity index (χ2n) is 6.70. The van der Waals surface area contributed by atoms with E-state index >= 15 is 0 Å². The highest BCUT2D eigenvalue weighted by Crippen LogP contribution is 2.15. The van der Waals surface area contributed by atoms with E-state index in [0.717, 1.165) is 0 Å². The van der Waals surface area contributed by atoms with E-state index in [1.807, 2.05) is 0 Å². The lowest BCUT2D eigenvalue weighted by atomic mass is 10.1. The van der Waals surface area contributed by atoms with E-state index in [-0.39, 0.29) is 17.1 Å². The van der Waals surface area contributed by atoms with Crippen LogP contribution >= 0.6 is 0 Å². The number of amides is 1. The molecule has 3 aromatic rings. The van der Waals surface area contributed by atoms with Crippen LogP contribution in [-0.4, -0.2) is 41.4 Å². The molecule has 0 spiro atoms. The van der Waals surface area contributed by atoms with Crippen LogP contribution in [0.25, 0.3) is 16.6 Å². The molecule has 1 aliphatic rings. The first-order chi connectivity index (χ1) is 13.3. The van der Waals surface area contributed by atoms with Crippen molar-refractivity contribution in [3.63, 3.8) is 0 Å². The molecule has 2 heterocycles. The van der Waals surface area contributed by atoms with Crippen molar-refractivity contribution in [1.29, 1.82) is 0 Å². The number of hydrogen-bond donors (Lipinski definition) is 1.